The zero-order valence-corrected chi connectivity index (χ0v) is 13.4. The predicted molar refractivity (Wildman–Crippen MR) is 82.5 cm³/mol. The van der Waals surface area contributed by atoms with E-state index < -0.39 is 15.6 Å². The molecule has 0 aromatic carbocycles. The number of halogens is 1. The van der Waals surface area contributed by atoms with Crippen molar-refractivity contribution >= 4 is 38.6 Å². The number of nitrogens with one attached hydrogen (secondary N) is 2. The van der Waals surface area contributed by atoms with Crippen molar-refractivity contribution in [1.82, 2.24) is 14.5 Å². The number of aromatic nitrogens is 2. The largest absolute Gasteiger partial charge is 0.381 e. The molecular formula is C11H13ClN4O3S2. The fourth-order valence-corrected chi connectivity index (χ4v) is 3.81. The first-order valence-electron chi connectivity index (χ1n) is 5.90. The Morgan fingerprint density at radius 1 is 1.43 bits per heavy atom. The predicted octanol–water partition coefficient (Wildman–Crippen LogP) is 0.886. The normalized spacial score (nSPS) is 11.5. The number of hydrogen-bond acceptors (Lipinski definition) is 6. The molecule has 7 nitrogen and oxygen atoms in total. The number of thiophene rings is 1. The third-order valence-corrected chi connectivity index (χ3v) is 5.79. The molecule has 2 aromatic heterocycles. The van der Waals surface area contributed by atoms with E-state index in [2.05, 4.69) is 15.1 Å². The second kappa shape index (κ2) is 6.56. The summed E-state index contributed by atoms with van der Waals surface area (Å²) in [6.07, 6.45) is 1.41. The lowest BCUT2D eigenvalue weighted by Crippen LogP contribution is -2.29. The molecule has 10 heteroatoms. The molecule has 114 valence electrons. The number of anilines is 1. The van der Waals surface area contributed by atoms with Gasteiger partial charge in [0.2, 0.25) is 10.0 Å². The maximum Gasteiger partial charge on any atom is 0.287 e. The molecule has 0 saturated carbocycles. The van der Waals surface area contributed by atoms with Crippen LogP contribution >= 0.6 is 22.9 Å². The van der Waals surface area contributed by atoms with Gasteiger partial charge in [0, 0.05) is 20.1 Å². The van der Waals surface area contributed by atoms with Gasteiger partial charge in [-0.15, -0.1) is 11.3 Å². The van der Waals surface area contributed by atoms with Crippen molar-refractivity contribution in [1.29, 1.82) is 0 Å². The van der Waals surface area contributed by atoms with Gasteiger partial charge in [-0.2, -0.15) is 5.10 Å². The zero-order chi connectivity index (χ0) is 15.5. The zero-order valence-electron chi connectivity index (χ0n) is 11.0. The molecule has 0 aliphatic rings. The molecule has 0 bridgehead atoms. The van der Waals surface area contributed by atoms with E-state index in [0.29, 0.717) is 5.69 Å². The Morgan fingerprint density at radius 3 is 2.86 bits per heavy atom. The molecule has 2 N–H and O–H groups in total. The van der Waals surface area contributed by atoms with Gasteiger partial charge in [-0.1, -0.05) is 17.7 Å². The summed E-state index contributed by atoms with van der Waals surface area (Å²) in [5.74, 6) is 0. The molecule has 0 radical (unpaired) electrons. The van der Waals surface area contributed by atoms with Gasteiger partial charge < -0.3 is 5.32 Å². The third kappa shape index (κ3) is 3.82. The Hall–Kier alpha value is -1.42. The van der Waals surface area contributed by atoms with E-state index in [-0.39, 0.29) is 22.3 Å². The van der Waals surface area contributed by atoms with Gasteiger partial charge in [-0.25, -0.2) is 17.8 Å². The molecule has 0 unspecified atom stereocenters. The summed E-state index contributed by atoms with van der Waals surface area (Å²) in [6.45, 7) is 0.435. The lowest BCUT2D eigenvalue weighted by Gasteiger charge is -2.09. The average Bonchev–Trinajstić information content (AvgIpc) is 2.98. The quantitative estimate of drug-likeness (QED) is 0.756. The smallest absolute Gasteiger partial charge is 0.287 e. The molecule has 21 heavy (non-hydrogen) atoms. The minimum Gasteiger partial charge on any atom is -0.381 e. The Morgan fingerprint density at radius 2 is 2.19 bits per heavy atom. The highest BCUT2D eigenvalue weighted by Crippen LogP contribution is 2.16. The van der Waals surface area contributed by atoms with Crippen molar-refractivity contribution in [2.75, 3.05) is 18.4 Å². The van der Waals surface area contributed by atoms with Crippen LogP contribution in [-0.2, 0) is 17.1 Å². The van der Waals surface area contributed by atoms with Gasteiger partial charge in [-0.05, 0) is 11.4 Å². The summed E-state index contributed by atoms with van der Waals surface area (Å²) in [5.41, 5.74) is -0.0454. The van der Waals surface area contributed by atoms with E-state index >= 15 is 0 Å². The molecular weight excluding hydrogens is 336 g/mol. The lowest BCUT2D eigenvalue weighted by atomic mass is 10.4. The van der Waals surface area contributed by atoms with Crippen LogP contribution in [0.3, 0.4) is 0 Å². The first kappa shape index (κ1) is 16.0. The van der Waals surface area contributed by atoms with Crippen molar-refractivity contribution in [3.8, 4) is 0 Å². The minimum absolute atomic E-state index is 0.0219. The number of nitrogens with zero attached hydrogens (tertiary/aromatic N) is 2. The maximum absolute atomic E-state index is 11.9. The summed E-state index contributed by atoms with van der Waals surface area (Å²) >= 11 is 7.02. The lowest BCUT2D eigenvalue weighted by molar-refractivity contribution is 0.585. The second-order valence-electron chi connectivity index (χ2n) is 4.06. The van der Waals surface area contributed by atoms with Crippen LogP contribution in [-0.4, -0.2) is 31.3 Å². The molecule has 0 atom stereocenters. The van der Waals surface area contributed by atoms with Crippen LogP contribution in [0.1, 0.15) is 0 Å². The van der Waals surface area contributed by atoms with Crippen molar-refractivity contribution < 1.29 is 8.42 Å². The van der Waals surface area contributed by atoms with E-state index in [1.54, 1.807) is 11.4 Å². The van der Waals surface area contributed by atoms with Crippen molar-refractivity contribution in [2.45, 2.75) is 4.21 Å². The second-order valence-corrected chi connectivity index (χ2v) is 7.38. The van der Waals surface area contributed by atoms with Crippen LogP contribution < -0.4 is 15.6 Å². The van der Waals surface area contributed by atoms with Gasteiger partial charge in [0.15, 0.2) is 0 Å². The fraction of sp³-hybridized carbons (Fsp3) is 0.273. The number of rotatable bonds is 6. The highest BCUT2D eigenvalue weighted by atomic mass is 35.5. The van der Waals surface area contributed by atoms with Crippen LogP contribution in [0.15, 0.2) is 32.7 Å². The maximum atomic E-state index is 11.9. The van der Waals surface area contributed by atoms with Gasteiger partial charge >= 0.3 is 0 Å². The Labute approximate surface area is 130 Å². The molecule has 2 rings (SSSR count). The summed E-state index contributed by atoms with van der Waals surface area (Å²) in [4.78, 5) is 11.6. The molecule has 0 saturated heterocycles. The van der Waals surface area contributed by atoms with Crippen LogP contribution in [0, 0.1) is 0 Å². The van der Waals surface area contributed by atoms with E-state index in [9.17, 15) is 13.2 Å². The van der Waals surface area contributed by atoms with E-state index in [0.717, 1.165) is 16.0 Å². The van der Waals surface area contributed by atoms with Crippen LogP contribution in [0.5, 0.6) is 0 Å². The van der Waals surface area contributed by atoms with Crippen molar-refractivity contribution in [3.63, 3.8) is 0 Å². The van der Waals surface area contributed by atoms with E-state index in [1.165, 1.54) is 19.3 Å². The van der Waals surface area contributed by atoms with Gasteiger partial charge in [-0.3, -0.25) is 4.79 Å². The Kier molecular flexibility index (Phi) is 4.99. The highest BCUT2D eigenvalue weighted by molar-refractivity contribution is 7.91. The Bertz CT molecular complexity index is 771. The number of sulfonamides is 1. The van der Waals surface area contributed by atoms with Crippen molar-refractivity contribution in [2.24, 2.45) is 7.05 Å². The third-order valence-electron chi connectivity index (χ3n) is 2.57. The molecule has 0 fully saturated rings. The molecule has 0 spiro atoms. The van der Waals surface area contributed by atoms with E-state index in [1.807, 2.05) is 0 Å². The molecule has 2 heterocycles. The molecule has 0 amide bonds. The van der Waals surface area contributed by atoms with E-state index in [4.69, 9.17) is 11.6 Å². The first-order valence-corrected chi connectivity index (χ1v) is 8.65. The van der Waals surface area contributed by atoms with Gasteiger partial charge in [0.1, 0.15) is 9.23 Å². The van der Waals surface area contributed by atoms with Crippen LogP contribution in [0.4, 0.5) is 5.69 Å². The Balaban J connectivity index is 1.91. The summed E-state index contributed by atoms with van der Waals surface area (Å²) in [6, 6.07) is 3.20. The topological polar surface area (TPSA) is 93.1 Å². The number of aryl methyl sites for hydroxylation is 1. The standard InChI is InChI=1S/C11H13ClN4O3S2/c1-16-11(17)10(12)8(7-14-16)13-4-5-15-21(18,19)9-3-2-6-20-9/h2-3,6-7,13,15H,4-5H2,1H3. The van der Waals surface area contributed by atoms with Crippen molar-refractivity contribution in [3.05, 3.63) is 39.1 Å². The highest BCUT2D eigenvalue weighted by Gasteiger charge is 2.14. The first-order chi connectivity index (χ1) is 9.92. The molecule has 0 aliphatic carbocycles. The van der Waals surface area contributed by atoms with Crippen LogP contribution in [0.25, 0.3) is 0 Å². The summed E-state index contributed by atoms with van der Waals surface area (Å²) in [5, 5.41) is 8.41. The van der Waals surface area contributed by atoms with Gasteiger partial charge in [0.25, 0.3) is 5.56 Å². The monoisotopic (exact) mass is 348 g/mol. The summed E-state index contributed by atoms with van der Waals surface area (Å²) < 4.78 is 27.5. The molecule has 2 aromatic rings. The minimum atomic E-state index is -3.48. The molecule has 0 aliphatic heterocycles. The SMILES string of the molecule is Cn1ncc(NCCNS(=O)(=O)c2cccs2)c(Cl)c1=O. The van der Waals surface area contributed by atoms with Crippen LogP contribution in [0.2, 0.25) is 5.02 Å². The average molecular weight is 349 g/mol. The summed E-state index contributed by atoms with van der Waals surface area (Å²) in [7, 11) is -1.99. The fourth-order valence-electron chi connectivity index (χ4n) is 1.50. The number of hydrogen-bond donors (Lipinski definition) is 2. The van der Waals surface area contributed by atoms with Gasteiger partial charge in [0.05, 0.1) is 11.9 Å².